The van der Waals surface area contributed by atoms with Gasteiger partial charge in [-0.15, -0.1) is 11.3 Å². The van der Waals surface area contributed by atoms with Gasteiger partial charge in [-0.25, -0.2) is 13.1 Å². The summed E-state index contributed by atoms with van der Waals surface area (Å²) in [7, 11) is -1.50. The molecule has 0 radical (unpaired) electrons. The highest BCUT2D eigenvalue weighted by Crippen LogP contribution is 2.30. The fourth-order valence-electron chi connectivity index (χ4n) is 2.72. The Morgan fingerprint density at radius 2 is 2.20 bits per heavy atom. The van der Waals surface area contributed by atoms with Crippen LogP contribution in [0.15, 0.2) is 15.7 Å². The SMILES string of the molecule is CNCc1csc(S(=O)(=O)NC2CCN(C3CC3)C2)c1. The van der Waals surface area contributed by atoms with E-state index in [-0.39, 0.29) is 6.04 Å². The predicted molar refractivity (Wildman–Crippen MR) is 80.4 cm³/mol. The van der Waals surface area contributed by atoms with Crippen molar-refractivity contribution in [3.8, 4) is 0 Å². The summed E-state index contributed by atoms with van der Waals surface area (Å²) in [5.41, 5.74) is 1.02. The maximum Gasteiger partial charge on any atom is 0.250 e. The van der Waals surface area contributed by atoms with Gasteiger partial charge in [-0.1, -0.05) is 0 Å². The fraction of sp³-hybridized carbons (Fsp3) is 0.692. The Labute approximate surface area is 124 Å². The minimum atomic E-state index is -3.36. The van der Waals surface area contributed by atoms with E-state index >= 15 is 0 Å². The van der Waals surface area contributed by atoms with Crippen LogP contribution in [0, 0.1) is 0 Å². The van der Waals surface area contributed by atoms with Crippen LogP contribution in [0.1, 0.15) is 24.8 Å². The molecule has 112 valence electrons. The van der Waals surface area contributed by atoms with Crippen LogP contribution in [0.25, 0.3) is 0 Å². The maximum atomic E-state index is 12.4. The zero-order valence-electron chi connectivity index (χ0n) is 11.6. The number of rotatable bonds is 6. The zero-order valence-corrected chi connectivity index (χ0v) is 13.3. The standard InChI is InChI=1S/C13H21N3O2S2/c1-14-7-10-6-13(19-9-10)20(17,18)15-11-4-5-16(8-11)12-2-3-12/h6,9,11-12,14-15H,2-5,7-8H2,1H3. The summed E-state index contributed by atoms with van der Waals surface area (Å²) >= 11 is 1.30. The van der Waals surface area contributed by atoms with Gasteiger partial charge in [0.1, 0.15) is 4.21 Å². The molecule has 1 aromatic rings. The van der Waals surface area contributed by atoms with Gasteiger partial charge in [0.05, 0.1) is 0 Å². The second-order valence-electron chi connectivity index (χ2n) is 5.64. The molecule has 2 N–H and O–H groups in total. The van der Waals surface area contributed by atoms with Crippen molar-refractivity contribution >= 4 is 21.4 Å². The first-order chi connectivity index (χ1) is 9.58. The Bertz CT molecular complexity index is 566. The van der Waals surface area contributed by atoms with E-state index in [1.807, 2.05) is 12.4 Å². The van der Waals surface area contributed by atoms with Crippen LogP contribution in [-0.2, 0) is 16.6 Å². The number of thiophene rings is 1. The molecular formula is C13H21N3O2S2. The van der Waals surface area contributed by atoms with Gasteiger partial charge in [-0.05, 0) is 43.3 Å². The Kier molecular flexibility index (Phi) is 4.14. The molecule has 7 heteroatoms. The summed E-state index contributed by atoms with van der Waals surface area (Å²) in [6.07, 6.45) is 3.47. The van der Waals surface area contributed by atoms with E-state index < -0.39 is 10.0 Å². The first-order valence-corrected chi connectivity index (χ1v) is 9.43. The number of nitrogens with one attached hydrogen (secondary N) is 2. The lowest BCUT2D eigenvalue weighted by Gasteiger charge is -2.15. The van der Waals surface area contributed by atoms with E-state index in [1.165, 1.54) is 24.2 Å². The minimum Gasteiger partial charge on any atom is -0.316 e. The van der Waals surface area contributed by atoms with Crippen molar-refractivity contribution in [2.75, 3.05) is 20.1 Å². The number of nitrogens with zero attached hydrogens (tertiary/aromatic N) is 1. The molecule has 2 fully saturated rings. The van der Waals surface area contributed by atoms with E-state index in [2.05, 4.69) is 14.9 Å². The predicted octanol–water partition coefficient (Wildman–Crippen LogP) is 0.982. The summed E-state index contributed by atoms with van der Waals surface area (Å²) in [5, 5.41) is 4.93. The van der Waals surface area contributed by atoms with Gasteiger partial charge in [0.25, 0.3) is 0 Å². The number of sulfonamides is 1. The Balaban J connectivity index is 1.62. The number of hydrogen-bond donors (Lipinski definition) is 2. The van der Waals surface area contributed by atoms with Crippen LogP contribution < -0.4 is 10.0 Å². The molecule has 5 nitrogen and oxygen atoms in total. The van der Waals surface area contributed by atoms with Gasteiger partial charge in [0.2, 0.25) is 10.0 Å². The molecule has 0 bridgehead atoms. The van der Waals surface area contributed by atoms with E-state index in [1.54, 1.807) is 6.07 Å². The zero-order chi connectivity index (χ0) is 14.2. The molecule has 1 saturated carbocycles. The lowest BCUT2D eigenvalue weighted by atomic mass is 10.3. The average Bonchev–Trinajstić information content (AvgIpc) is 2.95. The van der Waals surface area contributed by atoms with Gasteiger partial charge in [-0.2, -0.15) is 0 Å². The van der Waals surface area contributed by atoms with Crippen LogP contribution in [0.3, 0.4) is 0 Å². The summed E-state index contributed by atoms with van der Waals surface area (Å²) < 4.78 is 28.0. The van der Waals surface area contributed by atoms with Crippen LogP contribution in [-0.4, -0.2) is 45.5 Å². The van der Waals surface area contributed by atoms with Gasteiger partial charge in [0.15, 0.2) is 0 Å². The second kappa shape index (κ2) is 5.73. The first-order valence-electron chi connectivity index (χ1n) is 7.07. The Hall–Kier alpha value is -0.470. The van der Waals surface area contributed by atoms with Crippen molar-refractivity contribution < 1.29 is 8.42 Å². The van der Waals surface area contributed by atoms with E-state index in [0.717, 1.165) is 25.1 Å². The van der Waals surface area contributed by atoms with Gasteiger partial charge in [0, 0.05) is 31.7 Å². The first kappa shape index (κ1) is 14.5. The summed E-state index contributed by atoms with van der Waals surface area (Å²) in [4.78, 5) is 2.41. The molecule has 1 atom stereocenters. The third kappa shape index (κ3) is 3.23. The van der Waals surface area contributed by atoms with Gasteiger partial charge < -0.3 is 5.32 Å². The molecule has 3 rings (SSSR count). The fourth-order valence-corrected chi connectivity index (χ4v) is 5.21. The Morgan fingerprint density at radius 3 is 2.90 bits per heavy atom. The average molecular weight is 315 g/mol. The molecule has 2 heterocycles. The van der Waals surface area contributed by atoms with Gasteiger partial charge in [-0.3, -0.25) is 4.90 Å². The highest BCUT2D eigenvalue weighted by atomic mass is 32.2. The molecule has 0 aromatic carbocycles. The van der Waals surface area contributed by atoms with E-state index in [4.69, 9.17) is 0 Å². The molecular weight excluding hydrogens is 294 g/mol. The van der Waals surface area contributed by atoms with Crippen LogP contribution >= 0.6 is 11.3 Å². The second-order valence-corrected chi connectivity index (χ2v) is 8.49. The summed E-state index contributed by atoms with van der Waals surface area (Å²) in [6.45, 7) is 2.58. The van der Waals surface area contributed by atoms with E-state index in [0.29, 0.717) is 16.8 Å². The molecule has 0 amide bonds. The summed E-state index contributed by atoms with van der Waals surface area (Å²) in [5.74, 6) is 0. The van der Waals surface area contributed by atoms with Crippen LogP contribution in [0.4, 0.5) is 0 Å². The minimum absolute atomic E-state index is 0.0652. The largest absolute Gasteiger partial charge is 0.316 e. The molecule has 1 aromatic heterocycles. The van der Waals surface area contributed by atoms with Crippen molar-refractivity contribution in [1.82, 2.24) is 14.9 Å². The smallest absolute Gasteiger partial charge is 0.250 e. The molecule has 1 aliphatic heterocycles. The van der Waals surface area contributed by atoms with Gasteiger partial charge >= 0.3 is 0 Å². The molecule has 1 unspecified atom stereocenters. The van der Waals surface area contributed by atoms with Crippen molar-refractivity contribution in [2.45, 2.75) is 42.1 Å². The quantitative estimate of drug-likeness (QED) is 0.822. The van der Waals surface area contributed by atoms with Crippen molar-refractivity contribution in [2.24, 2.45) is 0 Å². The van der Waals surface area contributed by atoms with Crippen molar-refractivity contribution in [3.63, 3.8) is 0 Å². The summed E-state index contributed by atoms with van der Waals surface area (Å²) in [6, 6.07) is 2.54. The molecule has 0 spiro atoms. The highest BCUT2D eigenvalue weighted by molar-refractivity contribution is 7.91. The third-order valence-corrected chi connectivity index (χ3v) is 6.89. The Morgan fingerprint density at radius 1 is 1.40 bits per heavy atom. The number of hydrogen-bond acceptors (Lipinski definition) is 5. The lowest BCUT2D eigenvalue weighted by molar-refractivity contribution is 0.322. The normalized spacial score (nSPS) is 24.4. The maximum absolute atomic E-state index is 12.4. The molecule has 1 aliphatic carbocycles. The number of likely N-dealkylation sites (tertiary alicyclic amines) is 1. The molecule has 1 saturated heterocycles. The molecule has 2 aliphatic rings. The third-order valence-electron chi connectivity index (χ3n) is 3.88. The lowest BCUT2D eigenvalue weighted by Crippen LogP contribution is -2.37. The topological polar surface area (TPSA) is 61.4 Å². The van der Waals surface area contributed by atoms with Crippen LogP contribution in [0.5, 0.6) is 0 Å². The highest BCUT2D eigenvalue weighted by Gasteiger charge is 2.36. The van der Waals surface area contributed by atoms with Crippen LogP contribution in [0.2, 0.25) is 0 Å². The van der Waals surface area contributed by atoms with Crippen molar-refractivity contribution in [3.05, 3.63) is 17.0 Å². The monoisotopic (exact) mass is 315 g/mol. The van der Waals surface area contributed by atoms with E-state index in [9.17, 15) is 8.42 Å². The molecule has 20 heavy (non-hydrogen) atoms. The van der Waals surface area contributed by atoms with Crippen molar-refractivity contribution in [1.29, 1.82) is 0 Å².